The molecular formula is C13H25N7O. The van der Waals surface area contributed by atoms with E-state index in [1.165, 1.54) is 0 Å². The minimum absolute atomic E-state index is 0.144. The van der Waals surface area contributed by atoms with Crippen LogP contribution >= 0.6 is 0 Å². The predicted octanol–water partition coefficient (Wildman–Crippen LogP) is 0.211. The van der Waals surface area contributed by atoms with Crippen molar-refractivity contribution in [3.05, 3.63) is 0 Å². The first-order chi connectivity index (χ1) is 10.1. The van der Waals surface area contributed by atoms with Gasteiger partial charge in [-0.1, -0.05) is 0 Å². The Morgan fingerprint density at radius 2 is 1.81 bits per heavy atom. The Balaban J connectivity index is 2.15. The number of hydrazine groups is 1. The zero-order valence-electron chi connectivity index (χ0n) is 13.0. The van der Waals surface area contributed by atoms with E-state index in [0.29, 0.717) is 23.8 Å². The van der Waals surface area contributed by atoms with Gasteiger partial charge in [-0.25, -0.2) is 5.84 Å². The maximum Gasteiger partial charge on any atom is 0.243 e. The number of aromatic nitrogens is 3. The molecule has 1 aliphatic rings. The molecule has 8 heteroatoms. The van der Waals surface area contributed by atoms with Gasteiger partial charge in [0.05, 0.1) is 6.10 Å². The molecule has 1 aliphatic carbocycles. The van der Waals surface area contributed by atoms with Crippen molar-refractivity contribution in [2.45, 2.75) is 32.8 Å². The number of nitrogens with zero attached hydrogens (tertiary/aromatic N) is 5. The van der Waals surface area contributed by atoms with E-state index in [4.69, 9.17) is 5.84 Å². The van der Waals surface area contributed by atoms with Crippen LogP contribution in [0.1, 0.15) is 26.7 Å². The second-order valence-electron chi connectivity index (χ2n) is 5.45. The van der Waals surface area contributed by atoms with Crippen LogP contribution in [-0.4, -0.2) is 52.8 Å². The fraction of sp³-hybridized carbons (Fsp3) is 0.769. The van der Waals surface area contributed by atoms with Gasteiger partial charge in [-0.05, 0) is 32.6 Å². The second kappa shape index (κ2) is 6.86. The molecule has 118 valence electrons. The summed E-state index contributed by atoms with van der Waals surface area (Å²) in [6, 6.07) is 0. The molecule has 0 amide bonds. The second-order valence-corrected chi connectivity index (χ2v) is 5.45. The maximum absolute atomic E-state index is 9.37. The summed E-state index contributed by atoms with van der Waals surface area (Å²) in [5.41, 5.74) is 2.50. The van der Waals surface area contributed by atoms with Gasteiger partial charge in [0, 0.05) is 26.7 Å². The lowest BCUT2D eigenvalue weighted by Crippen LogP contribution is -2.38. The van der Waals surface area contributed by atoms with Crippen LogP contribution in [0.3, 0.4) is 0 Å². The van der Waals surface area contributed by atoms with E-state index < -0.39 is 0 Å². The Morgan fingerprint density at radius 3 is 2.33 bits per heavy atom. The van der Waals surface area contributed by atoms with Crippen LogP contribution < -0.4 is 21.1 Å². The molecule has 0 aliphatic heterocycles. The fourth-order valence-electron chi connectivity index (χ4n) is 2.56. The molecular weight excluding hydrogens is 270 g/mol. The molecule has 1 aromatic rings. The summed E-state index contributed by atoms with van der Waals surface area (Å²) in [5.74, 6) is 7.53. The summed E-state index contributed by atoms with van der Waals surface area (Å²) in [6.45, 7) is 6.58. The molecule has 1 aromatic heterocycles. The topological polar surface area (TPSA) is 103 Å². The lowest BCUT2D eigenvalue weighted by atomic mass is 9.82. The van der Waals surface area contributed by atoms with Crippen LogP contribution in [-0.2, 0) is 0 Å². The number of hydrogen-bond donors (Lipinski definition) is 3. The zero-order valence-corrected chi connectivity index (χ0v) is 13.0. The van der Waals surface area contributed by atoms with Crippen LogP contribution in [0.5, 0.6) is 0 Å². The first-order valence-electron chi connectivity index (χ1n) is 7.44. The van der Waals surface area contributed by atoms with E-state index in [9.17, 15) is 5.11 Å². The molecule has 0 atom stereocenters. The van der Waals surface area contributed by atoms with Gasteiger partial charge in [-0.3, -0.25) is 5.43 Å². The van der Waals surface area contributed by atoms with Crippen molar-refractivity contribution in [1.82, 2.24) is 15.0 Å². The number of nitrogens with one attached hydrogen (secondary N) is 1. The highest BCUT2D eigenvalue weighted by Crippen LogP contribution is 2.28. The quantitative estimate of drug-likeness (QED) is 0.484. The number of anilines is 3. The van der Waals surface area contributed by atoms with Gasteiger partial charge in [0.1, 0.15) is 0 Å². The molecule has 1 heterocycles. The molecule has 0 bridgehead atoms. The van der Waals surface area contributed by atoms with Gasteiger partial charge in [0.25, 0.3) is 0 Å². The smallest absolute Gasteiger partial charge is 0.243 e. The molecule has 21 heavy (non-hydrogen) atoms. The Morgan fingerprint density at radius 1 is 1.19 bits per heavy atom. The van der Waals surface area contributed by atoms with Gasteiger partial charge in [-0.15, -0.1) is 0 Å². The van der Waals surface area contributed by atoms with Crippen molar-refractivity contribution in [3.63, 3.8) is 0 Å². The van der Waals surface area contributed by atoms with Gasteiger partial charge >= 0.3 is 0 Å². The highest BCUT2D eigenvalue weighted by Gasteiger charge is 2.28. The molecule has 1 saturated carbocycles. The summed E-state index contributed by atoms with van der Waals surface area (Å²) in [5, 5.41) is 9.37. The molecule has 1 fully saturated rings. The zero-order chi connectivity index (χ0) is 15.4. The molecule has 2 rings (SSSR count). The van der Waals surface area contributed by atoms with Crippen LogP contribution in [0.15, 0.2) is 0 Å². The average molecular weight is 295 g/mol. The SMILES string of the molecule is CCN(CC)c1nc(NN)nc(N(C)CC2CC(O)C2)n1. The Labute approximate surface area is 125 Å². The molecule has 0 radical (unpaired) electrons. The summed E-state index contributed by atoms with van der Waals surface area (Å²) >= 11 is 0. The number of aliphatic hydroxyl groups is 1. The van der Waals surface area contributed by atoms with E-state index in [-0.39, 0.29) is 6.10 Å². The molecule has 0 saturated heterocycles. The third kappa shape index (κ3) is 3.70. The maximum atomic E-state index is 9.37. The van der Waals surface area contributed by atoms with Crippen LogP contribution in [0.25, 0.3) is 0 Å². The fourth-order valence-corrected chi connectivity index (χ4v) is 2.56. The molecule has 0 spiro atoms. The van der Waals surface area contributed by atoms with Gasteiger partial charge < -0.3 is 14.9 Å². The third-order valence-corrected chi connectivity index (χ3v) is 3.87. The third-order valence-electron chi connectivity index (χ3n) is 3.87. The largest absolute Gasteiger partial charge is 0.393 e. The van der Waals surface area contributed by atoms with Crippen molar-refractivity contribution in [3.8, 4) is 0 Å². The minimum Gasteiger partial charge on any atom is -0.393 e. The minimum atomic E-state index is -0.144. The van der Waals surface area contributed by atoms with Gasteiger partial charge in [0.15, 0.2) is 0 Å². The summed E-state index contributed by atoms with van der Waals surface area (Å²) in [7, 11) is 1.95. The van der Waals surface area contributed by atoms with Crippen LogP contribution in [0.2, 0.25) is 0 Å². The average Bonchev–Trinajstić information content (AvgIpc) is 2.46. The molecule has 0 aromatic carbocycles. The Bertz CT molecular complexity index is 460. The number of nitrogen functional groups attached to an aromatic ring is 1. The summed E-state index contributed by atoms with van der Waals surface area (Å²) in [6.07, 6.45) is 1.55. The van der Waals surface area contributed by atoms with Gasteiger partial charge in [0.2, 0.25) is 17.8 Å². The normalized spacial score (nSPS) is 20.8. The van der Waals surface area contributed by atoms with Crippen LogP contribution in [0.4, 0.5) is 17.8 Å². The van der Waals surface area contributed by atoms with Crippen molar-refractivity contribution >= 4 is 17.8 Å². The van der Waals surface area contributed by atoms with Crippen molar-refractivity contribution in [1.29, 1.82) is 0 Å². The first kappa shape index (κ1) is 15.7. The summed E-state index contributed by atoms with van der Waals surface area (Å²) in [4.78, 5) is 17.2. The van der Waals surface area contributed by atoms with Crippen molar-refractivity contribution < 1.29 is 5.11 Å². The number of rotatable bonds is 7. The highest BCUT2D eigenvalue weighted by atomic mass is 16.3. The Hall–Kier alpha value is -1.67. The monoisotopic (exact) mass is 295 g/mol. The number of aliphatic hydroxyl groups excluding tert-OH is 1. The van der Waals surface area contributed by atoms with E-state index in [1.54, 1.807) is 0 Å². The number of nitrogens with two attached hydrogens (primary N) is 1. The van der Waals surface area contributed by atoms with Gasteiger partial charge in [-0.2, -0.15) is 15.0 Å². The first-order valence-corrected chi connectivity index (χ1v) is 7.44. The van der Waals surface area contributed by atoms with Crippen molar-refractivity contribution in [2.75, 3.05) is 41.9 Å². The van der Waals surface area contributed by atoms with E-state index in [0.717, 1.165) is 32.5 Å². The molecule has 0 unspecified atom stereocenters. The van der Waals surface area contributed by atoms with E-state index in [1.807, 2.05) is 16.8 Å². The Kier molecular flexibility index (Phi) is 5.13. The number of hydrogen-bond acceptors (Lipinski definition) is 8. The summed E-state index contributed by atoms with van der Waals surface area (Å²) < 4.78 is 0. The lowest BCUT2D eigenvalue weighted by molar-refractivity contribution is 0.0463. The van der Waals surface area contributed by atoms with Crippen LogP contribution in [0, 0.1) is 5.92 Å². The van der Waals surface area contributed by atoms with Crippen molar-refractivity contribution in [2.24, 2.45) is 11.8 Å². The lowest BCUT2D eigenvalue weighted by Gasteiger charge is -2.34. The molecule has 8 nitrogen and oxygen atoms in total. The van der Waals surface area contributed by atoms with E-state index >= 15 is 0 Å². The molecule has 4 N–H and O–H groups in total. The van der Waals surface area contributed by atoms with E-state index in [2.05, 4.69) is 34.2 Å². The highest BCUT2D eigenvalue weighted by molar-refractivity contribution is 5.44. The standard InChI is InChI=1S/C13H25N7O/c1-4-20(5-2)13-16-11(18-14)15-12(17-13)19(3)8-9-6-10(21)7-9/h9-10,21H,4-8,14H2,1-3H3,(H,15,16,17,18). The predicted molar refractivity (Wildman–Crippen MR) is 83.2 cm³/mol.